The Morgan fingerprint density at radius 1 is 1.15 bits per heavy atom. The fraction of sp³-hybridized carbons (Fsp3) is 0.200. The van der Waals surface area contributed by atoms with Crippen molar-refractivity contribution in [3.05, 3.63) is 48.0 Å². The zero-order valence-electron chi connectivity index (χ0n) is 6.93. The van der Waals surface area contributed by atoms with E-state index in [0.29, 0.717) is 6.42 Å². The van der Waals surface area contributed by atoms with Crippen LogP contribution in [0.4, 0.5) is 13.2 Å². The average molecular weight is 186 g/mol. The summed E-state index contributed by atoms with van der Waals surface area (Å²) in [5.74, 6) is 0. The van der Waals surface area contributed by atoms with Crippen LogP contribution in [0.15, 0.2) is 36.9 Å². The van der Waals surface area contributed by atoms with E-state index in [4.69, 9.17) is 0 Å². The molecule has 0 aromatic heterocycles. The maximum Gasteiger partial charge on any atom is 0.416 e. The lowest BCUT2D eigenvalue weighted by Crippen LogP contribution is -2.04. The van der Waals surface area contributed by atoms with Crippen LogP contribution in [-0.4, -0.2) is 0 Å². The van der Waals surface area contributed by atoms with Crippen LogP contribution in [0.1, 0.15) is 11.1 Å². The van der Waals surface area contributed by atoms with Gasteiger partial charge < -0.3 is 0 Å². The van der Waals surface area contributed by atoms with E-state index in [1.165, 1.54) is 12.1 Å². The van der Waals surface area contributed by atoms with Gasteiger partial charge in [-0.15, -0.1) is 6.58 Å². The van der Waals surface area contributed by atoms with Gasteiger partial charge in [-0.2, -0.15) is 13.2 Å². The Balaban J connectivity index is 2.87. The normalized spacial score (nSPS) is 11.3. The monoisotopic (exact) mass is 186 g/mol. The molecule has 0 atom stereocenters. The topological polar surface area (TPSA) is 0 Å². The van der Waals surface area contributed by atoms with Crippen molar-refractivity contribution in [3.63, 3.8) is 0 Å². The Bertz CT molecular complexity index is 282. The fourth-order valence-corrected chi connectivity index (χ4v) is 0.996. The summed E-state index contributed by atoms with van der Waals surface area (Å²) >= 11 is 0. The van der Waals surface area contributed by atoms with Gasteiger partial charge in [0, 0.05) is 0 Å². The standard InChI is InChI=1S/C10H9F3/c1-2-3-8-4-6-9(7-5-8)10(11,12)13/h2,4-7H,1,3H2. The summed E-state index contributed by atoms with van der Waals surface area (Å²) < 4.78 is 36.3. The second-order valence-corrected chi connectivity index (χ2v) is 2.69. The van der Waals surface area contributed by atoms with Crippen molar-refractivity contribution in [1.82, 2.24) is 0 Å². The molecule has 0 aliphatic carbocycles. The Morgan fingerprint density at radius 2 is 1.69 bits per heavy atom. The van der Waals surface area contributed by atoms with Crippen LogP contribution >= 0.6 is 0 Å². The fourth-order valence-electron chi connectivity index (χ4n) is 0.996. The predicted molar refractivity (Wildman–Crippen MR) is 45.3 cm³/mol. The van der Waals surface area contributed by atoms with Gasteiger partial charge in [-0.1, -0.05) is 18.2 Å². The minimum atomic E-state index is -4.24. The molecule has 1 aromatic carbocycles. The number of halogens is 3. The highest BCUT2D eigenvalue weighted by atomic mass is 19.4. The van der Waals surface area contributed by atoms with E-state index in [1.807, 2.05) is 0 Å². The van der Waals surface area contributed by atoms with Crippen molar-refractivity contribution in [2.24, 2.45) is 0 Å². The minimum absolute atomic E-state index is 0.595. The number of rotatable bonds is 2. The molecule has 0 unspecified atom stereocenters. The van der Waals surface area contributed by atoms with E-state index in [2.05, 4.69) is 6.58 Å². The molecule has 1 aromatic rings. The SMILES string of the molecule is C=CCc1ccc(C(F)(F)F)cc1. The van der Waals surface area contributed by atoms with Gasteiger partial charge in [0.1, 0.15) is 0 Å². The van der Waals surface area contributed by atoms with Gasteiger partial charge in [-0.05, 0) is 24.1 Å². The molecule has 0 saturated carbocycles. The predicted octanol–water partition coefficient (Wildman–Crippen LogP) is 3.43. The molecular formula is C10H9F3. The first-order valence-corrected chi connectivity index (χ1v) is 3.81. The summed E-state index contributed by atoms with van der Waals surface area (Å²) in [6.07, 6.45) is -1.99. The minimum Gasteiger partial charge on any atom is -0.166 e. The van der Waals surface area contributed by atoms with E-state index < -0.39 is 11.7 Å². The van der Waals surface area contributed by atoms with Crippen molar-refractivity contribution >= 4 is 0 Å². The smallest absolute Gasteiger partial charge is 0.166 e. The molecule has 0 amide bonds. The van der Waals surface area contributed by atoms with Crippen molar-refractivity contribution < 1.29 is 13.2 Å². The number of hydrogen-bond acceptors (Lipinski definition) is 0. The molecule has 0 N–H and O–H groups in total. The molecule has 1 rings (SSSR count). The van der Waals surface area contributed by atoms with Crippen LogP contribution in [0.2, 0.25) is 0 Å². The van der Waals surface area contributed by atoms with Crippen LogP contribution in [0.5, 0.6) is 0 Å². The van der Waals surface area contributed by atoms with Crippen molar-refractivity contribution in [2.45, 2.75) is 12.6 Å². The van der Waals surface area contributed by atoms with Gasteiger partial charge in [0.2, 0.25) is 0 Å². The molecule has 0 radical (unpaired) electrons. The van der Waals surface area contributed by atoms with E-state index in [9.17, 15) is 13.2 Å². The molecule has 0 aliphatic rings. The molecule has 3 heteroatoms. The Morgan fingerprint density at radius 3 is 2.08 bits per heavy atom. The maximum atomic E-state index is 12.1. The summed E-state index contributed by atoms with van der Waals surface area (Å²) in [5, 5.41) is 0. The summed E-state index contributed by atoms with van der Waals surface area (Å²) in [6, 6.07) is 5.09. The van der Waals surface area contributed by atoms with Crippen LogP contribution in [-0.2, 0) is 12.6 Å². The second-order valence-electron chi connectivity index (χ2n) is 2.69. The van der Waals surface area contributed by atoms with Crippen molar-refractivity contribution in [1.29, 1.82) is 0 Å². The van der Waals surface area contributed by atoms with Gasteiger partial charge >= 0.3 is 6.18 Å². The third-order valence-electron chi connectivity index (χ3n) is 1.66. The summed E-state index contributed by atoms with van der Waals surface area (Å²) in [4.78, 5) is 0. The summed E-state index contributed by atoms with van der Waals surface area (Å²) in [7, 11) is 0. The van der Waals surface area contributed by atoms with Crippen LogP contribution < -0.4 is 0 Å². The lowest BCUT2D eigenvalue weighted by atomic mass is 10.1. The lowest BCUT2D eigenvalue weighted by molar-refractivity contribution is -0.137. The summed E-state index contributed by atoms with van der Waals surface area (Å²) in [6.45, 7) is 3.50. The zero-order chi connectivity index (χ0) is 9.90. The lowest BCUT2D eigenvalue weighted by Gasteiger charge is -2.06. The third kappa shape index (κ3) is 2.61. The highest BCUT2D eigenvalue weighted by molar-refractivity contribution is 5.25. The van der Waals surface area contributed by atoms with Gasteiger partial charge in [0.05, 0.1) is 5.56 Å². The van der Waals surface area contributed by atoms with E-state index in [1.54, 1.807) is 6.08 Å². The highest BCUT2D eigenvalue weighted by Crippen LogP contribution is 2.29. The highest BCUT2D eigenvalue weighted by Gasteiger charge is 2.29. The molecule has 0 aliphatic heterocycles. The molecule has 0 saturated heterocycles. The summed E-state index contributed by atoms with van der Waals surface area (Å²) in [5.41, 5.74) is 0.225. The molecule has 13 heavy (non-hydrogen) atoms. The van der Waals surface area contributed by atoms with Crippen LogP contribution in [0.25, 0.3) is 0 Å². The Kier molecular flexibility index (Phi) is 2.76. The number of alkyl halides is 3. The second kappa shape index (κ2) is 3.64. The van der Waals surface area contributed by atoms with Gasteiger partial charge in [-0.25, -0.2) is 0 Å². The Hall–Kier alpha value is -1.25. The molecule has 0 nitrogen and oxygen atoms in total. The number of benzene rings is 1. The van der Waals surface area contributed by atoms with E-state index >= 15 is 0 Å². The quantitative estimate of drug-likeness (QED) is 0.620. The molecule has 0 heterocycles. The van der Waals surface area contributed by atoms with Gasteiger partial charge in [0.15, 0.2) is 0 Å². The van der Waals surface area contributed by atoms with Gasteiger partial charge in [-0.3, -0.25) is 0 Å². The molecular weight excluding hydrogens is 177 g/mol. The maximum absolute atomic E-state index is 12.1. The Labute approximate surface area is 74.7 Å². The first-order valence-electron chi connectivity index (χ1n) is 3.81. The van der Waals surface area contributed by atoms with Crippen LogP contribution in [0, 0.1) is 0 Å². The zero-order valence-corrected chi connectivity index (χ0v) is 6.93. The molecule has 70 valence electrons. The largest absolute Gasteiger partial charge is 0.416 e. The number of hydrogen-bond donors (Lipinski definition) is 0. The average Bonchev–Trinajstić information content (AvgIpc) is 2.04. The van der Waals surface area contributed by atoms with E-state index in [-0.39, 0.29) is 0 Å². The number of allylic oxidation sites excluding steroid dienone is 1. The van der Waals surface area contributed by atoms with E-state index in [0.717, 1.165) is 17.7 Å². The third-order valence-corrected chi connectivity index (χ3v) is 1.66. The molecule has 0 bridgehead atoms. The van der Waals surface area contributed by atoms with Crippen molar-refractivity contribution in [2.75, 3.05) is 0 Å². The van der Waals surface area contributed by atoms with Gasteiger partial charge in [0.25, 0.3) is 0 Å². The first-order chi connectivity index (χ1) is 6.04. The first kappa shape index (κ1) is 9.84. The van der Waals surface area contributed by atoms with Crippen LogP contribution in [0.3, 0.4) is 0 Å². The molecule has 0 spiro atoms. The molecule has 0 fully saturated rings. The van der Waals surface area contributed by atoms with Crippen molar-refractivity contribution in [3.8, 4) is 0 Å².